The Morgan fingerprint density at radius 2 is 1.83 bits per heavy atom. The summed E-state index contributed by atoms with van der Waals surface area (Å²) in [6, 6.07) is 11.4. The second-order valence-corrected chi connectivity index (χ2v) is 4.66. The standard InChI is InChI=1S/C16H9FN2O4/c17-13-4-2-1-3-12(13)15-18-14(16(20)23-15)9-10-5-7-11(8-6-10)19(21)22/h1-9H/b14-9+. The second-order valence-electron chi connectivity index (χ2n) is 4.66. The van der Waals surface area contributed by atoms with Crippen LogP contribution in [0.5, 0.6) is 0 Å². The van der Waals surface area contributed by atoms with E-state index >= 15 is 0 Å². The summed E-state index contributed by atoms with van der Waals surface area (Å²) in [7, 11) is 0. The monoisotopic (exact) mass is 312 g/mol. The van der Waals surface area contributed by atoms with E-state index in [-0.39, 0.29) is 22.8 Å². The van der Waals surface area contributed by atoms with Gasteiger partial charge < -0.3 is 4.74 Å². The third kappa shape index (κ3) is 2.98. The molecule has 0 bridgehead atoms. The average Bonchev–Trinajstić information content (AvgIpc) is 2.89. The second kappa shape index (κ2) is 5.80. The number of nitro benzene ring substituents is 1. The number of halogens is 1. The van der Waals surface area contributed by atoms with Gasteiger partial charge in [-0.25, -0.2) is 14.2 Å². The van der Waals surface area contributed by atoms with Crippen LogP contribution in [-0.2, 0) is 9.53 Å². The number of nitrogens with zero attached hydrogens (tertiary/aromatic N) is 2. The minimum Gasteiger partial charge on any atom is -0.402 e. The first kappa shape index (κ1) is 14.6. The van der Waals surface area contributed by atoms with E-state index in [0.717, 1.165) is 0 Å². The van der Waals surface area contributed by atoms with Gasteiger partial charge in [0.25, 0.3) is 5.69 Å². The van der Waals surface area contributed by atoms with Gasteiger partial charge in [-0.05, 0) is 35.9 Å². The van der Waals surface area contributed by atoms with Gasteiger partial charge >= 0.3 is 5.97 Å². The number of benzene rings is 2. The van der Waals surface area contributed by atoms with Crippen LogP contribution in [0.3, 0.4) is 0 Å². The number of carbonyl (C=O) groups is 1. The van der Waals surface area contributed by atoms with E-state index in [1.54, 1.807) is 6.07 Å². The van der Waals surface area contributed by atoms with Gasteiger partial charge in [-0.3, -0.25) is 10.1 Å². The molecule has 0 radical (unpaired) electrons. The summed E-state index contributed by atoms with van der Waals surface area (Å²) in [6.45, 7) is 0. The highest BCUT2D eigenvalue weighted by atomic mass is 19.1. The molecule has 0 saturated heterocycles. The van der Waals surface area contributed by atoms with Gasteiger partial charge in [0.15, 0.2) is 5.70 Å². The number of non-ortho nitro benzene ring substituents is 1. The predicted octanol–water partition coefficient (Wildman–Crippen LogP) is 3.08. The molecule has 1 aliphatic rings. The number of aliphatic imine (C=N–C) groups is 1. The molecule has 1 heterocycles. The SMILES string of the molecule is O=C1OC(c2ccccc2F)=N/C1=C/c1ccc([N+](=O)[O-])cc1. The van der Waals surface area contributed by atoms with Gasteiger partial charge in [0.1, 0.15) is 5.82 Å². The molecule has 7 heteroatoms. The summed E-state index contributed by atoms with van der Waals surface area (Å²) in [5, 5.41) is 10.6. The third-order valence-corrected chi connectivity index (χ3v) is 3.13. The number of hydrogen-bond donors (Lipinski definition) is 0. The molecule has 0 spiro atoms. The minimum atomic E-state index is -0.707. The molecular weight excluding hydrogens is 303 g/mol. The smallest absolute Gasteiger partial charge is 0.363 e. The number of nitro groups is 1. The van der Waals surface area contributed by atoms with Crippen LogP contribution >= 0.6 is 0 Å². The Morgan fingerprint density at radius 1 is 1.13 bits per heavy atom. The molecule has 0 amide bonds. The van der Waals surface area contributed by atoms with Crippen molar-refractivity contribution in [3.05, 3.63) is 81.3 Å². The van der Waals surface area contributed by atoms with Crippen LogP contribution in [0.25, 0.3) is 6.08 Å². The Morgan fingerprint density at radius 3 is 2.48 bits per heavy atom. The van der Waals surface area contributed by atoms with Crippen molar-refractivity contribution in [1.29, 1.82) is 0 Å². The number of rotatable bonds is 3. The van der Waals surface area contributed by atoms with Crippen molar-refractivity contribution in [2.75, 3.05) is 0 Å². The zero-order valence-electron chi connectivity index (χ0n) is 11.6. The van der Waals surface area contributed by atoms with Gasteiger partial charge in [-0.1, -0.05) is 12.1 Å². The van der Waals surface area contributed by atoms with Crippen LogP contribution in [0.4, 0.5) is 10.1 Å². The summed E-state index contributed by atoms with van der Waals surface area (Å²) in [4.78, 5) is 25.9. The fourth-order valence-electron chi connectivity index (χ4n) is 2.01. The highest BCUT2D eigenvalue weighted by molar-refractivity contribution is 6.12. The highest BCUT2D eigenvalue weighted by Gasteiger charge is 2.25. The van der Waals surface area contributed by atoms with Crippen molar-refractivity contribution in [1.82, 2.24) is 0 Å². The zero-order chi connectivity index (χ0) is 16.4. The van der Waals surface area contributed by atoms with Crippen LogP contribution in [0.2, 0.25) is 0 Å². The topological polar surface area (TPSA) is 81.8 Å². The fraction of sp³-hybridized carbons (Fsp3) is 0. The minimum absolute atomic E-state index is 0.00268. The molecule has 0 aliphatic carbocycles. The molecule has 114 valence electrons. The number of esters is 1. The lowest BCUT2D eigenvalue weighted by Crippen LogP contribution is -2.07. The summed E-state index contributed by atoms with van der Waals surface area (Å²) in [5.41, 5.74) is 0.572. The van der Waals surface area contributed by atoms with E-state index in [2.05, 4.69) is 4.99 Å². The maximum absolute atomic E-state index is 13.7. The molecule has 2 aromatic rings. The number of cyclic esters (lactones) is 1. The molecule has 23 heavy (non-hydrogen) atoms. The van der Waals surface area contributed by atoms with E-state index in [9.17, 15) is 19.3 Å². The molecule has 2 aromatic carbocycles. The lowest BCUT2D eigenvalue weighted by atomic mass is 10.2. The van der Waals surface area contributed by atoms with Crippen LogP contribution < -0.4 is 0 Å². The summed E-state index contributed by atoms with van der Waals surface area (Å²) in [5.74, 6) is -1.36. The molecule has 6 nitrogen and oxygen atoms in total. The predicted molar refractivity (Wildman–Crippen MR) is 80.1 cm³/mol. The molecule has 0 fully saturated rings. The van der Waals surface area contributed by atoms with Gasteiger partial charge in [0.2, 0.25) is 5.90 Å². The summed E-state index contributed by atoms with van der Waals surface area (Å²) in [6.07, 6.45) is 1.42. The Labute approximate surface area is 129 Å². The Hall–Kier alpha value is -3.35. The maximum atomic E-state index is 13.7. The van der Waals surface area contributed by atoms with E-state index in [1.165, 1.54) is 48.5 Å². The molecular formula is C16H9FN2O4. The number of hydrogen-bond acceptors (Lipinski definition) is 5. The lowest BCUT2D eigenvalue weighted by molar-refractivity contribution is -0.384. The largest absolute Gasteiger partial charge is 0.402 e. The first-order valence-electron chi connectivity index (χ1n) is 6.56. The average molecular weight is 312 g/mol. The third-order valence-electron chi connectivity index (χ3n) is 3.13. The molecule has 0 unspecified atom stereocenters. The molecule has 0 N–H and O–H groups in total. The van der Waals surface area contributed by atoms with Crippen LogP contribution in [-0.4, -0.2) is 16.8 Å². The molecule has 0 atom stereocenters. The lowest BCUT2D eigenvalue weighted by Gasteiger charge is -1.99. The first-order valence-corrected chi connectivity index (χ1v) is 6.56. The fourth-order valence-corrected chi connectivity index (χ4v) is 2.01. The van der Waals surface area contributed by atoms with E-state index in [1.807, 2.05) is 0 Å². The van der Waals surface area contributed by atoms with Crippen molar-refractivity contribution < 1.29 is 18.8 Å². The number of carbonyl (C=O) groups excluding carboxylic acids is 1. The molecule has 1 aliphatic heterocycles. The summed E-state index contributed by atoms with van der Waals surface area (Å²) >= 11 is 0. The van der Waals surface area contributed by atoms with Crippen molar-refractivity contribution in [3.63, 3.8) is 0 Å². The van der Waals surface area contributed by atoms with Crippen LogP contribution in [0.1, 0.15) is 11.1 Å². The van der Waals surface area contributed by atoms with Crippen molar-refractivity contribution in [3.8, 4) is 0 Å². The normalized spacial score (nSPS) is 15.4. The van der Waals surface area contributed by atoms with Gasteiger partial charge in [-0.2, -0.15) is 0 Å². The van der Waals surface area contributed by atoms with Crippen LogP contribution in [0, 0.1) is 15.9 Å². The van der Waals surface area contributed by atoms with Gasteiger partial charge in [-0.15, -0.1) is 0 Å². The molecule has 0 aromatic heterocycles. The van der Waals surface area contributed by atoms with Crippen molar-refractivity contribution >= 4 is 23.6 Å². The van der Waals surface area contributed by atoms with Gasteiger partial charge in [0.05, 0.1) is 10.5 Å². The maximum Gasteiger partial charge on any atom is 0.363 e. The van der Waals surface area contributed by atoms with Gasteiger partial charge in [0, 0.05) is 12.1 Å². The Bertz CT molecular complexity index is 857. The number of ether oxygens (including phenoxy) is 1. The van der Waals surface area contributed by atoms with Crippen molar-refractivity contribution in [2.24, 2.45) is 4.99 Å². The first-order chi connectivity index (χ1) is 11.0. The van der Waals surface area contributed by atoms with Crippen LogP contribution in [0.15, 0.2) is 59.2 Å². The van der Waals surface area contributed by atoms with E-state index < -0.39 is 16.7 Å². The van der Waals surface area contributed by atoms with Crippen molar-refractivity contribution in [2.45, 2.75) is 0 Å². The quantitative estimate of drug-likeness (QED) is 0.377. The highest BCUT2D eigenvalue weighted by Crippen LogP contribution is 2.21. The zero-order valence-corrected chi connectivity index (χ0v) is 11.6. The molecule has 3 rings (SSSR count). The Kier molecular flexibility index (Phi) is 3.68. The van der Waals surface area contributed by atoms with E-state index in [4.69, 9.17) is 4.74 Å². The van der Waals surface area contributed by atoms with E-state index in [0.29, 0.717) is 5.56 Å². The summed E-state index contributed by atoms with van der Waals surface area (Å²) < 4.78 is 18.7. The Balaban J connectivity index is 1.92. The molecule has 0 saturated carbocycles.